The van der Waals surface area contributed by atoms with E-state index in [1.807, 2.05) is 30.3 Å². The molecule has 0 fully saturated rings. The number of sulfone groups is 1. The van der Waals surface area contributed by atoms with E-state index in [1.165, 1.54) is 12.1 Å². The summed E-state index contributed by atoms with van der Waals surface area (Å²) in [6, 6.07) is 19.8. The van der Waals surface area contributed by atoms with Crippen molar-refractivity contribution in [1.82, 2.24) is 19.9 Å². The van der Waals surface area contributed by atoms with Gasteiger partial charge in [0.1, 0.15) is 6.26 Å². The number of fused-ring (bicyclic) bond motifs is 1. The van der Waals surface area contributed by atoms with E-state index in [0.717, 1.165) is 18.2 Å². The molecular weight excluding hydrogens is 400 g/mol. The molecule has 0 radical (unpaired) electrons. The maximum atomic E-state index is 12.6. The number of carbonyl (C=O) groups is 1. The van der Waals surface area contributed by atoms with Gasteiger partial charge in [-0.25, -0.2) is 0 Å². The predicted octanol–water partition coefficient (Wildman–Crippen LogP) is 2.99. The van der Waals surface area contributed by atoms with Crippen LogP contribution >= 0.6 is 0 Å². The first-order valence-electron chi connectivity index (χ1n) is 9.39. The smallest absolute Gasteiger partial charge is 0.252 e. The number of benzene rings is 2. The van der Waals surface area contributed by atoms with E-state index in [-0.39, 0.29) is 10.8 Å². The fourth-order valence-corrected chi connectivity index (χ4v) is 3.77. The lowest BCUT2D eigenvalue weighted by molar-refractivity contribution is 0.0953. The molecule has 0 bridgehead atoms. The molecule has 0 spiro atoms. The largest absolute Gasteiger partial charge is 0.610 e. The second-order valence-electron chi connectivity index (χ2n) is 6.96. The van der Waals surface area contributed by atoms with Gasteiger partial charge in [-0.05, 0) is 48.4 Å². The Morgan fingerprint density at radius 1 is 1.03 bits per heavy atom. The number of amides is 1. The van der Waals surface area contributed by atoms with Crippen LogP contribution in [0.25, 0.3) is 17.0 Å². The molecule has 1 atom stereocenters. The Morgan fingerprint density at radius 2 is 1.77 bits per heavy atom. The van der Waals surface area contributed by atoms with Crippen LogP contribution in [0.1, 0.15) is 15.9 Å². The van der Waals surface area contributed by atoms with E-state index in [0.29, 0.717) is 29.1 Å². The highest BCUT2D eigenvalue weighted by atomic mass is 32.3. The van der Waals surface area contributed by atoms with Gasteiger partial charge in [-0.1, -0.05) is 30.3 Å². The molecule has 0 aliphatic heterocycles. The third-order valence-electron chi connectivity index (χ3n) is 4.75. The standard InChI is InChI=1S/C22H20N4O3S/c1-30(28,29)19-10-7-17(8-11-19)21-25-24-20-12-9-18(15-26(20)21)22(27)23-14-13-16-5-3-2-4-6-16/h2-12,15H,13-14H2,1H3,(H-,23,27,28,29). The molecule has 152 valence electrons. The summed E-state index contributed by atoms with van der Waals surface area (Å²) in [4.78, 5) is 12.8. The minimum Gasteiger partial charge on any atom is -0.610 e. The van der Waals surface area contributed by atoms with Gasteiger partial charge in [-0.15, -0.1) is 14.4 Å². The highest BCUT2D eigenvalue weighted by Gasteiger charge is 2.15. The van der Waals surface area contributed by atoms with Gasteiger partial charge in [0.05, 0.1) is 15.8 Å². The van der Waals surface area contributed by atoms with E-state index in [1.54, 1.807) is 34.9 Å². The molecule has 4 rings (SSSR count). The summed E-state index contributed by atoms with van der Waals surface area (Å²) in [6.45, 7) is 0.531. The van der Waals surface area contributed by atoms with E-state index in [2.05, 4.69) is 15.5 Å². The van der Waals surface area contributed by atoms with Crippen LogP contribution in [0.2, 0.25) is 0 Å². The first kappa shape index (κ1) is 19.9. The van der Waals surface area contributed by atoms with Crippen LogP contribution < -0.4 is 5.32 Å². The van der Waals surface area contributed by atoms with Crippen LogP contribution in [-0.2, 0) is 20.8 Å². The van der Waals surface area contributed by atoms with E-state index in [4.69, 9.17) is 0 Å². The topological polar surface area (TPSA) is 99.4 Å². The zero-order chi connectivity index (χ0) is 21.1. The number of hydrogen-bond acceptors (Lipinski definition) is 5. The lowest BCUT2D eigenvalue weighted by Gasteiger charge is -2.09. The number of nitrogens with zero attached hydrogens (tertiary/aromatic N) is 3. The summed E-state index contributed by atoms with van der Waals surface area (Å²) < 4.78 is 25.0. The molecule has 2 aromatic heterocycles. The molecule has 2 aromatic carbocycles. The first-order chi connectivity index (χ1) is 14.4. The minimum atomic E-state index is -3.27. The van der Waals surface area contributed by atoms with Gasteiger partial charge in [0, 0.05) is 18.3 Å². The predicted molar refractivity (Wildman–Crippen MR) is 114 cm³/mol. The van der Waals surface area contributed by atoms with Crippen molar-refractivity contribution in [3.8, 4) is 11.4 Å². The number of nitrogens with one attached hydrogen (secondary N) is 1. The molecular formula is C22H20N4O3S. The molecule has 1 unspecified atom stereocenters. The second-order valence-corrected chi connectivity index (χ2v) is 8.97. The molecule has 0 saturated carbocycles. The van der Waals surface area contributed by atoms with Crippen molar-refractivity contribution in [1.29, 1.82) is 0 Å². The fraction of sp³-hybridized carbons (Fsp3) is 0.136. The van der Waals surface area contributed by atoms with Crippen LogP contribution in [0, 0.1) is 0 Å². The summed E-state index contributed by atoms with van der Waals surface area (Å²) in [7, 11) is -3.27. The summed E-state index contributed by atoms with van der Waals surface area (Å²) in [5.74, 6) is 0.351. The molecule has 2 heterocycles. The number of rotatable bonds is 6. The zero-order valence-corrected chi connectivity index (χ0v) is 17.1. The van der Waals surface area contributed by atoms with Crippen molar-refractivity contribution in [3.63, 3.8) is 0 Å². The third kappa shape index (κ3) is 4.29. The van der Waals surface area contributed by atoms with E-state index < -0.39 is 10.2 Å². The number of hydrogen-bond donors (Lipinski definition) is 1. The normalized spacial score (nSPS) is 13.1. The Hall–Kier alpha value is -3.36. The van der Waals surface area contributed by atoms with Gasteiger partial charge < -0.3 is 9.87 Å². The first-order valence-corrected chi connectivity index (χ1v) is 11.3. The molecule has 8 heteroatoms. The molecule has 1 amide bonds. The van der Waals surface area contributed by atoms with Gasteiger partial charge >= 0.3 is 0 Å². The van der Waals surface area contributed by atoms with Gasteiger partial charge in [0.15, 0.2) is 16.4 Å². The van der Waals surface area contributed by atoms with Crippen molar-refractivity contribution >= 4 is 21.8 Å². The molecule has 0 aliphatic rings. The summed E-state index contributed by atoms with van der Waals surface area (Å²) in [5, 5.41) is 11.3. The Balaban J connectivity index is 1.54. The van der Waals surface area contributed by atoms with Gasteiger partial charge in [-0.3, -0.25) is 9.20 Å². The number of pyridine rings is 1. The van der Waals surface area contributed by atoms with Crippen molar-refractivity contribution in [3.05, 3.63) is 84.1 Å². The number of carbonyl (C=O) groups excluding carboxylic acids is 1. The van der Waals surface area contributed by atoms with Crippen LogP contribution in [0.15, 0.2) is 77.8 Å². The van der Waals surface area contributed by atoms with Crippen molar-refractivity contribution < 1.29 is 13.6 Å². The average Bonchev–Trinajstić information content (AvgIpc) is 3.17. The molecule has 0 saturated heterocycles. The summed E-state index contributed by atoms with van der Waals surface area (Å²) >= 11 is 0. The summed E-state index contributed by atoms with van der Waals surface area (Å²) in [5.41, 5.74) is 2.95. The van der Waals surface area contributed by atoms with Gasteiger partial charge in [0.25, 0.3) is 5.91 Å². The second kappa shape index (κ2) is 8.17. The lowest BCUT2D eigenvalue weighted by Crippen LogP contribution is -2.25. The van der Waals surface area contributed by atoms with Gasteiger partial charge in [-0.2, -0.15) is 0 Å². The molecule has 0 aliphatic carbocycles. The van der Waals surface area contributed by atoms with E-state index >= 15 is 0 Å². The highest BCUT2D eigenvalue weighted by molar-refractivity contribution is 7.97. The summed E-state index contributed by atoms with van der Waals surface area (Å²) in [6.07, 6.45) is 3.60. The monoisotopic (exact) mass is 420 g/mol. The van der Waals surface area contributed by atoms with Crippen LogP contribution in [-0.4, -0.2) is 37.9 Å². The Kier molecular flexibility index (Phi) is 5.43. The third-order valence-corrected chi connectivity index (χ3v) is 5.88. The van der Waals surface area contributed by atoms with Crippen molar-refractivity contribution in [2.75, 3.05) is 12.8 Å². The SMILES string of the molecule is C[S+](=O)([O-])c1ccc(-c2nnc3ccc(C(=O)NCCc4ccccc4)cn23)cc1. The molecule has 1 N–H and O–H groups in total. The quantitative estimate of drug-likeness (QED) is 0.484. The maximum Gasteiger partial charge on any atom is 0.252 e. The van der Waals surface area contributed by atoms with Crippen molar-refractivity contribution in [2.45, 2.75) is 11.3 Å². The zero-order valence-electron chi connectivity index (χ0n) is 16.3. The van der Waals surface area contributed by atoms with E-state index in [9.17, 15) is 13.6 Å². The van der Waals surface area contributed by atoms with Crippen LogP contribution in [0.5, 0.6) is 0 Å². The van der Waals surface area contributed by atoms with Gasteiger partial charge in [0.2, 0.25) is 0 Å². The van der Waals surface area contributed by atoms with Crippen LogP contribution in [0.4, 0.5) is 0 Å². The Morgan fingerprint density at radius 3 is 2.47 bits per heavy atom. The molecule has 30 heavy (non-hydrogen) atoms. The Bertz CT molecular complexity index is 1230. The highest BCUT2D eigenvalue weighted by Crippen LogP contribution is 2.22. The van der Waals surface area contributed by atoms with Crippen LogP contribution in [0.3, 0.4) is 0 Å². The van der Waals surface area contributed by atoms with Crippen molar-refractivity contribution in [2.24, 2.45) is 0 Å². The molecule has 4 aromatic rings. The Labute approximate surface area is 175 Å². The maximum absolute atomic E-state index is 12.6. The molecule has 7 nitrogen and oxygen atoms in total. The fourth-order valence-electron chi connectivity index (χ4n) is 3.14. The number of aromatic nitrogens is 3. The minimum absolute atomic E-state index is 0.181. The average molecular weight is 420 g/mol. The lowest BCUT2D eigenvalue weighted by atomic mass is 10.1.